The molecule has 2 aliphatic rings. The van der Waals surface area contributed by atoms with Crippen LogP contribution in [0, 0.1) is 17.8 Å². The number of carbonyl (C=O) groups excluding carboxylic acids is 1. The van der Waals surface area contributed by atoms with Crippen molar-refractivity contribution in [3.05, 3.63) is 0 Å². The first-order valence-corrected chi connectivity index (χ1v) is 6.40. The molecule has 2 saturated carbocycles. The van der Waals surface area contributed by atoms with Crippen molar-refractivity contribution in [2.24, 2.45) is 17.8 Å². The smallest absolute Gasteiger partial charge is 0.223 e. The third kappa shape index (κ3) is 2.10. The van der Waals surface area contributed by atoms with Crippen LogP contribution in [0.2, 0.25) is 0 Å². The lowest BCUT2D eigenvalue weighted by Crippen LogP contribution is -2.53. The highest BCUT2D eigenvalue weighted by atomic mass is 16.3. The Hall–Kier alpha value is -0.570. The highest BCUT2D eigenvalue weighted by Gasteiger charge is 2.44. The predicted molar refractivity (Wildman–Crippen MR) is 62.8 cm³/mol. The third-order valence-corrected chi connectivity index (χ3v) is 4.56. The van der Waals surface area contributed by atoms with Gasteiger partial charge in [0.2, 0.25) is 5.91 Å². The van der Waals surface area contributed by atoms with Crippen molar-refractivity contribution in [1.29, 1.82) is 0 Å². The Morgan fingerprint density at radius 1 is 1.38 bits per heavy atom. The number of hydrogen-bond acceptors (Lipinski definition) is 2. The van der Waals surface area contributed by atoms with Gasteiger partial charge in [-0.15, -0.1) is 0 Å². The molecule has 0 radical (unpaired) electrons. The van der Waals surface area contributed by atoms with Crippen LogP contribution in [0.1, 0.15) is 46.5 Å². The largest absolute Gasteiger partial charge is 0.391 e. The van der Waals surface area contributed by atoms with Gasteiger partial charge in [0.15, 0.2) is 0 Å². The molecular weight excluding hydrogens is 202 g/mol. The van der Waals surface area contributed by atoms with Gasteiger partial charge in [0.25, 0.3) is 0 Å². The summed E-state index contributed by atoms with van der Waals surface area (Å²) in [6, 6.07) is 0. The number of carbonyl (C=O) groups is 1. The molecule has 4 unspecified atom stereocenters. The first-order valence-electron chi connectivity index (χ1n) is 6.40. The SMILES string of the molecule is CC(O)C(C)(C)NC(=O)C1CC2CCC1C2. The molecule has 0 heterocycles. The van der Waals surface area contributed by atoms with E-state index in [0.717, 1.165) is 12.3 Å². The molecule has 3 heteroatoms. The molecule has 0 aromatic heterocycles. The van der Waals surface area contributed by atoms with E-state index < -0.39 is 11.6 Å². The van der Waals surface area contributed by atoms with Gasteiger partial charge in [-0.25, -0.2) is 0 Å². The van der Waals surface area contributed by atoms with Crippen molar-refractivity contribution in [2.45, 2.75) is 58.1 Å². The standard InChI is InChI=1S/C13H23NO2/c1-8(15)13(2,3)14-12(16)11-7-9-4-5-10(11)6-9/h8-11,15H,4-7H2,1-3H3,(H,14,16). The molecular formula is C13H23NO2. The van der Waals surface area contributed by atoms with E-state index in [0.29, 0.717) is 5.92 Å². The van der Waals surface area contributed by atoms with Crippen LogP contribution in [0.5, 0.6) is 0 Å². The summed E-state index contributed by atoms with van der Waals surface area (Å²) in [5.41, 5.74) is -0.515. The maximum absolute atomic E-state index is 12.1. The molecule has 2 aliphatic carbocycles. The van der Waals surface area contributed by atoms with E-state index in [4.69, 9.17) is 0 Å². The van der Waals surface area contributed by atoms with Crippen LogP contribution in [0.3, 0.4) is 0 Å². The van der Waals surface area contributed by atoms with Crippen LogP contribution in [-0.4, -0.2) is 22.7 Å². The number of amides is 1. The van der Waals surface area contributed by atoms with Crippen LogP contribution in [0.25, 0.3) is 0 Å². The first kappa shape index (κ1) is 11.9. The van der Waals surface area contributed by atoms with Crippen LogP contribution >= 0.6 is 0 Å². The lowest BCUT2D eigenvalue weighted by molar-refractivity contribution is -0.129. The summed E-state index contributed by atoms with van der Waals surface area (Å²) in [6.07, 6.45) is 4.32. The normalized spacial score (nSPS) is 35.1. The first-order chi connectivity index (χ1) is 7.40. The fraction of sp³-hybridized carbons (Fsp3) is 0.923. The van der Waals surface area contributed by atoms with E-state index in [9.17, 15) is 9.90 Å². The van der Waals surface area contributed by atoms with E-state index in [2.05, 4.69) is 5.32 Å². The quantitative estimate of drug-likeness (QED) is 0.768. The molecule has 92 valence electrons. The maximum atomic E-state index is 12.1. The molecule has 0 spiro atoms. The van der Waals surface area contributed by atoms with Crippen LogP contribution in [0.15, 0.2) is 0 Å². The summed E-state index contributed by atoms with van der Waals surface area (Å²) < 4.78 is 0. The van der Waals surface area contributed by atoms with Crippen LogP contribution in [0.4, 0.5) is 0 Å². The van der Waals surface area contributed by atoms with Crippen LogP contribution < -0.4 is 5.32 Å². The molecule has 16 heavy (non-hydrogen) atoms. The molecule has 2 N–H and O–H groups in total. The highest BCUT2D eigenvalue weighted by Crippen LogP contribution is 2.48. The third-order valence-electron chi connectivity index (χ3n) is 4.56. The highest BCUT2D eigenvalue weighted by molar-refractivity contribution is 5.80. The van der Waals surface area contributed by atoms with E-state index >= 15 is 0 Å². The van der Waals surface area contributed by atoms with E-state index in [1.807, 2.05) is 13.8 Å². The molecule has 3 nitrogen and oxygen atoms in total. The maximum Gasteiger partial charge on any atom is 0.223 e. The zero-order valence-electron chi connectivity index (χ0n) is 10.5. The second kappa shape index (κ2) is 4.02. The molecule has 0 aromatic carbocycles. The minimum atomic E-state index is -0.518. The van der Waals surface area contributed by atoms with Crippen molar-refractivity contribution < 1.29 is 9.90 Å². The van der Waals surface area contributed by atoms with Gasteiger partial charge in [-0.2, -0.15) is 0 Å². The summed E-state index contributed by atoms with van der Waals surface area (Å²) in [5, 5.41) is 12.6. The van der Waals surface area contributed by atoms with Gasteiger partial charge >= 0.3 is 0 Å². The summed E-state index contributed by atoms with van der Waals surface area (Å²) in [7, 11) is 0. The Bertz CT molecular complexity index is 286. The van der Waals surface area contributed by atoms with E-state index in [1.165, 1.54) is 19.3 Å². The molecule has 0 aromatic rings. The second-order valence-corrected chi connectivity index (χ2v) is 6.17. The number of rotatable bonds is 3. The predicted octanol–water partition coefficient (Wildman–Crippen LogP) is 1.70. The second-order valence-electron chi connectivity index (χ2n) is 6.17. The van der Waals surface area contributed by atoms with Crippen molar-refractivity contribution in [1.82, 2.24) is 5.32 Å². The number of aliphatic hydroxyl groups excluding tert-OH is 1. The average Bonchev–Trinajstić information content (AvgIpc) is 2.77. The summed E-state index contributed by atoms with van der Waals surface area (Å²) in [4.78, 5) is 12.1. The Kier molecular flexibility index (Phi) is 2.99. The number of fused-ring (bicyclic) bond motifs is 2. The summed E-state index contributed by atoms with van der Waals surface area (Å²) in [6.45, 7) is 5.48. The van der Waals surface area contributed by atoms with E-state index in [-0.39, 0.29) is 11.8 Å². The average molecular weight is 225 g/mol. The Balaban J connectivity index is 1.94. The number of nitrogens with one attached hydrogen (secondary N) is 1. The zero-order valence-corrected chi connectivity index (χ0v) is 10.5. The molecule has 4 atom stereocenters. The molecule has 1 amide bonds. The zero-order chi connectivity index (χ0) is 11.9. The fourth-order valence-corrected chi connectivity index (χ4v) is 3.08. The van der Waals surface area contributed by atoms with Gasteiger partial charge in [0.1, 0.15) is 0 Å². The van der Waals surface area contributed by atoms with Crippen molar-refractivity contribution >= 4 is 5.91 Å². The Morgan fingerprint density at radius 3 is 2.50 bits per heavy atom. The van der Waals surface area contributed by atoms with Gasteiger partial charge in [-0.05, 0) is 51.9 Å². The number of aliphatic hydroxyl groups is 1. The van der Waals surface area contributed by atoms with Gasteiger partial charge in [-0.3, -0.25) is 4.79 Å². The number of hydrogen-bond donors (Lipinski definition) is 2. The molecule has 0 aliphatic heterocycles. The lowest BCUT2D eigenvalue weighted by atomic mass is 9.87. The van der Waals surface area contributed by atoms with Gasteiger partial charge in [-0.1, -0.05) is 6.42 Å². The Morgan fingerprint density at radius 2 is 2.06 bits per heavy atom. The minimum absolute atomic E-state index is 0.151. The summed E-state index contributed by atoms with van der Waals surface area (Å²) in [5.74, 6) is 1.75. The lowest BCUT2D eigenvalue weighted by Gasteiger charge is -2.32. The van der Waals surface area contributed by atoms with E-state index in [1.54, 1.807) is 6.92 Å². The topological polar surface area (TPSA) is 49.3 Å². The van der Waals surface area contributed by atoms with Gasteiger partial charge in [0, 0.05) is 5.92 Å². The van der Waals surface area contributed by atoms with Crippen LogP contribution in [-0.2, 0) is 4.79 Å². The van der Waals surface area contributed by atoms with Gasteiger partial charge in [0.05, 0.1) is 11.6 Å². The van der Waals surface area contributed by atoms with Crippen molar-refractivity contribution in [3.8, 4) is 0 Å². The van der Waals surface area contributed by atoms with Crippen molar-refractivity contribution in [3.63, 3.8) is 0 Å². The fourth-order valence-electron chi connectivity index (χ4n) is 3.08. The molecule has 2 fully saturated rings. The van der Waals surface area contributed by atoms with Crippen molar-refractivity contribution in [2.75, 3.05) is 0 Å². The molecule has 2 rings (SSSR count). The van der Waals surface area contributed by atoms with Gasteiger partial charge < -0.3 is 10.4 Å². The monoisotopic (exact) mass is 225 g/mol. The summed E-state index contributed by atoms with van der Waals surface area (Å²) >= 11 is 0. The Labute approximate surface area is 97.6 Å². The molecule has 2 bridgehead atoms. The minimum Gasteiger partial charge on any atom is -0.391 e. The molecule has 0 saturated heterocycles.